The van der Waals surface area contributed by atoms with Gasteiger partial charge in [0.25, 0.3) is 0 Å². The summed E-state index contributed by atoms with van der Waals surface area (Å²) < 4.78 is 1.79. The zero-order chi connectivity index (χ0) is 17.6. The Morgan fingerprint density at radius 2 is 1.92 bits per heavy atom. The summed E-state index contributed by atoms with van der Waals surface area (Å²) in [6.07, 6.45) is 3.99. The van der Waals surface area contributed by atoms with Crippen LogP contribution in [0.2, 0.25) is 5.02 Å². The van der Waals surface area contributed by atoms with Crippen molar-refractivity contribution in [2.75, 3.05) is 6.54 Å². The fraction of sp³-hybridized carbons (Fsp3) is 0.200. The van der Waals surface area contributed by atoms with Gasteiger partial charge in [-0.3, -0.25) is 4.79 Å². The van der Waals surface area contributed by atoms with Crippen LogP contribution in [0, 0.1) is 0 Å². The number of halogens is 1. The van der Waals surface area contributed by atoms with E-state index < -0.39 is 0 Å². The highest BCUT2D eigenvalue weighted by Gasteiger charge is 2.14. The molecule has 1 heterocycles. The standard InChI is InChI=1S/C20H20ClN3O/c1-2-23(14-16-7-6-8-18(21)11-16)20(25)12-17-13-22-24(15-17)19-9-4-3-5-10-19/h3-11,13,15H,2,12,14H2,1H3. The van der Waals surface area contributed by atoms with Crippen molar-refractivity contribution in [3.05, 3.63) is 83.1 Å². The molecule has 0 N–H and O–H groups in total. The van der Waals surface area contributed by atoms with E-state index in [-0.39, 0.29) is 5.91 Å². The van der Waals surface area contributed by atoms with Gasteiger partial charge in [0, 0.05) is 24.3 Å². The zero-order valence-corrected chi connectivity index (χ0v) is 14.9. The lowest BCUT2D eigenvalue weighted by Crippen LogP contribution is -2.31. The van der Waals surface area contributed by atoms with Gasteiger partial charge >= 0.3 is 0 Å². The molecule has 3 aromatic rings. The monoisotopic (exact) mass is 353 g/mol. The van der Waals surface area contributed by atoms with Crippen LogP contribution < -0.4 is 0 Å². The molecular formula is C20H20ClN3O. The maximum absolute atomic E-state index is 12.6. The van der Waals surface area contributed by atoms with Crippen molar-refractivity contribution in [3.63, 3.8) is 0 Å². The van der Waals surface area contributed by atoms with Gasteiger partial charge in [0.05, 0.1) is 18.3 Å². The zero-order valence-electron chi connectivity index (χ0n) is 14.1. The van der Waals surface area contributed by atoms with E-state index in [1.165, 1.54) is 0 Å². The summed E-state index contributed by atoms with van der Waals surface area (Å²) in [4.78, 5) is 14.5. The average Bonchev–Trinajstić information content (AvgIpc) is 3.09. The minimum atomic E-state index is 0.0788. The van der Waals surface area contributed by atoms with Crippen molar-refractivity contribution in [2.45, 2.75) is 19.9 Å². The highest BCUT2D eigenvalue weighted by Crippen LogP contribution is 2.14. The van der Waals surface area contributed by atoms with Crippen molar-refractivity contribution in [3.8, 4) is 5.69 Å². The normalized spacial score (nSPS) is 10.6. The maximum Gasteiger partial charge on any atom is 0.227 e. The molecule has 0 saturated heterocycles. The Morgan fingerprint density at radius 1 is 1.12 bits per heavy atom. The summed E-state index contributed by atoms with van der Waals surface area (Å²) in [5.74, 6) is 0.0788. The first-order valence-electron chi connectivity index (χ1n) is 8.27. The van der Waals surface area contributed by atoms with Gasteiger partial charge in [-0.15, -0.1) is 0 Å². The lowest BCUT2D eigenvalue weighted by Gasteiger charge is -2.21. The third kappa shape index (κ3) is 4.48. The van der Waals surface area contributed by atoms with Gasteiger partial charge < -0.3 is 4.90 Å². The summed E-state index contributed by atoms with van der Waals surface area (Å²) in [5, 5.41) is 5.03. The number of benzene rings is 2. The fourth-order valence-corrected chi connectivity index (χ4v) is 2.90. The molecule has 0 fully saturated rings. The number of rotatable bonds is 6. The minimum Gasteiger partial charge on any atom is -0.338 e. The molecule has 128 valence electrons. The predicted molar refractivity (Wildman–Crippen MR) is 99.8 cm³/mol. The van der Waals surface area contributed by atoms with Crippen LogP contribution in [-0.4, -0.2) is 27.1 Å². The van der Waals surface area contributed by atoms with Crippen molar-refractivity contribution < 1.29 is 4.79 Å². The molecule has 0 aliphatic heterocycles. The largest absolute Gasteiger partial charge is 0.338 e. The third-order valence-electron chi connectivity index (χ3n) is 4.01. The van der Waals surface area contributed by atoms with Crippen molar-refractivity contribution in [1.82, 2.24) is 14.7 Å². The second-order valence-electron chi connectivity index (χ2n) is 5.84. The number of likely N-dealkylation sites (N-methyl/N-ethyl adjacent to an activating group) is 1. The SMILES string of the molecule is CCN(Cc1cccc(Cl)c1)C(=O)Cc1cnn(-c2ccccc2)c1. The molecule has 0 bridgehead atoms. The minimum absolute atomic E-state index is 0.0788. The first-order valence-corrected chi connectivity index (χ1v) is 8.64. The van der Waals surface area contributed by atoms with E-state index in [4.69, 9.17) is 11.6 Å². The van der Waals surface area contributed by atoms with Gasteiger partial charge in [-0.05, 0) is 42.3 Å². The van der Waals surface area contributed by atoms with E-state index in [2.05, 4.69) is 5.10 Å². The van der Waals surface area contributed by atoms with Crippen LogP contribution in [0.4, 0.5) is 0 Å². The van der Waals surface area contributed by atoms with Crippen LogP contribution in [0.5, 0.6) is 0 Å². The van der Waals surface area contributed by atoms with Gasteiger partial charge in [0.1, 0.15) is 0 Å². The Morgan fingerprint density at radius 3 is 2.64 bits per heavy atom. The summed E-state index contributed by atoms with van der Waals surface area (Å²) in [6.45, 7) is 3.19. The number of carbonyl (C=O) groups excluding carboxylic acids is 1. The number of carbonyl (C=O) groups is 1. The molecule has 0 aliphatic carbocycles. The predicted octanol–water partition coefficient (Wildman–Crippen LogP) is 4.12. The summed E-state index contributed by atoms with van der Waals surface area (Å²) in [5.41, 5.74) is 2.91. The molecule has 0 spiro atoms. The Bertz CT molecular complexity index is 845. The molecule has 25 heavy (non-hydrogen) atoms. The molecule has 4 nitrogen and oxygen atoms in total. The Hall–Kier alpha value is -2.59. The Kier molecular flexibility index (Phi) is 5.51. The van der Waals surface area contributed by atoms with E-state index in [1.54, 1.807) is 10.9 Å². The molecule has 3 rings (SSSR count). The quantitative estimate of drug-likeness (QED) is 0.668. The lowest BCUT2D eigenvalue weighted by atomic mass is 10.2. The number of hydrogen-bond acceptors (Lipinski definition) is 2. The Balaban J connectivity index is 1.67. The van der Waals surface area contributed by atoms with Crippen LogP contribution in [0.15, 0.2) is 67.0 Å². The summed E-state index contributed by atoms with van der Waals surface area (Å²) >= 11 is 6.03. The first kappa shape index (κ1) is 17.2. The van der Waals surface area contributed by atoms with Gasteiger partial charge in [-0.1, -0.05) is 41.9 Å². The summed E-state index contributed by atoms with van der Waals surface area (Å²) in [7, 11) is 0. The third-order valence-corrected chi connectivity index (χ3v) is 4.24. The van der Waals surface area contributed by atoms with E-state index in [9.17, 15) is 4.79 Å². The Labute approximate surface area is 152 Å². The smallest absolute Gasteiger partial charge is 0.227 e. The van der Waals surface area contributed by atoms with E-state index >= 15 is 0 Å². The molecule has 5 heteroatoms. The highest BCUT2D eigenvalue weighted by molar-refractivity contribution is 6.30. The van der Waals surface area contributed by atoms with E-state index in [0.29, 0.717) is 24.5 Å². The molecule has 0 radical (unpaired) electrons. The van der Waals surface area contributed by atoms with Crippen LogP contribution in [0.1, 0.15) is 18.1 Å². The molecule has 1 amide bonds. The van der Waals surface area contributed by atoms with Crippen LogP contribution in [0.3, 0.4) is 0 Å². The lowest BCUT2D eigenvalue weighted by molar-refractivity contribution is -0.130. The maximum atomic E-state index is 12.6. The van der Waals surface area contributed by atoms with Gasteiger partial charge in [-0.25, -0.2) is 4.68 Å². The molecular weight excluding hydrogens is 334 g/mol. The van der Waals surface area contributed by atoms with Gasteiger partial charge in [-0.2, -0.15) is 5.10 Å². The second-order valence-corrected chi connectivity index (χ2v) is 6.28. The molecule has 2 aromatic carbocycles. The number of aromatic nitrogens is 2. The van der Waals surface area contributed by atoms with Crippen molar-refractivity contribution in [2.24, 2.45) is 0 Å². The van der Waals surface area contributed by atoms with E-state index in [1.807, 2.05) is 72.6 Å². The van der Waals surface area contributed by atoms with Gasteiger partial charge in [0.2, 0.25) is 5.91 Å². The molecule has 0 atom stereocenters. The number of nitrogens with zero attached hydrogens (tertiary/aromatic N) is 3. The number of amides is 1. The molecule has 1 aromatic heterocycles. The van der Waals surface area contributed by atoms with Crippen molar-refractivity contribution >= 4 is 17.5 Å². The van der Waals surface area contributed by atoms with Crippen LogP contribution in [-0.2, 0) is 17.8 Å². The van der Waals surface area contributed by atoms with Crippen molar-refractivity contribution in [1.29, 1.82) is 0 Å². The second kappa shape index (κ2) is 7.99. The number of para-hydroxylation sites is 1. The first-order chi connectivity index (χ1) is 12.2. The topological polar surface area (TPSA) is 38.1 Å². The molecule has 0 saturated carbocycles. The number of hydrogen-bond donors (Lipinski definition) is 0. The van der Waals surface area contributed by atoms with E-state index in [0.717, 1.165) is 16.8 Å². The van der Waals surface area contributed by atoms with Gasteiger partial charge in [0.15, 0.2) is 0 Å². The highest BCUT2D eigenvalue weighted by atomic mass is 35.5. The van der Waals surface area contributed by atoms with Crippen LogP contribution in [0.25, 0.3) is 5.69 Å². The van der Waals surface area contributed by atoms with Crippen LogP contribution >= 0.6 is 11.6 Å². The fourth-order valence-electron chi connectivity index (χ4n) is 2.69. The molecule has 0 aliphatic rings. The summed E-state index contributed by atoms with van der Waals surface area (Å²) in [6, 6.07) is 17.5. The average molecular weight is 354 g/mol. The molecule has 0 unspecified atom stereocenters.